The Morgan fingerprint density at radius 2 is 2.21 bits per heavy atom. The van der Waals surface area contributed by atoms with E-state index in [1.807, 2.05) is 0 Å². The quantitative estimate of drug-likeness (QED) is 0.645. The standard InChI is InChI=1S/C9H12O5/c10-7(4-9(12)13)3-8(11)6-1-2-14-5-6/h1-2,5,7-8,10-11H,3-4H2,(H,12,13)/t7-,8+/m0/s1. The van der Waals surface area contributed by atoms with Crippen molar-refractivity contribution in [3.63, 3.8) is 0 Å². The largest absolute Gasteiger partial charge is 0.481 e. The average Bonchev–Trinajstić information content (AvgIpc) is 2.53. The molecule has 3 N–H and O–H groups in total. The first-order valence-corrected chi connectivity index (χ1v) is 4.19. The molecule has 0 aromatic carbocycles. The summed E-state index contributed by atoms with van der Waals surface area (Å²) in [4.78, 5) is 10.2. The molecule has 1 rings (SSSR count). The summed E-state index contributed by atoms with van der Waals surface area (Å²) >= 11 is 0. The molecule has 1 aromatic heterocycles. The fourth-order valence-electron chi connectivity index (χ4n) is 1.14. The highest BCUT2D eigenvalue weighted by Gasteiger charge is 2.16. The van der Waals surface area contributed by atoms with E-state index in [2.05, 4.69) is 0 Å². The van der Waals surface area contributed by atoms with Crippen LogP contribution in [0.25, 0.3) is 0 Å². The second-order valence-corrected chi connectivity index (χ2v) is 3.06. The molecule has 0 aliphatic heterocycles. The van der Waals surface area contributed by atoms with E-state index < -0.39 is 18.2 Å². The molecular formula is C9H12O5. The van der Waals surface area contributed by atoms with Crippen LogP contribution in [0.4, 0.5) is 0 Å². The molecule has 0 aliphatic carbocycles. The Balaban J connectivity index is 2.41. The number of hydrogen-bond acceptors (Lipinski definition) is 4. The zero-order valence-corrected chi connectivity index (χ0v) is 7.46. The van der Waals surface area contributed by atoms with Gasteiger partial charge in [-0.1, -0.05) is 0 Å². The Labute approximate surface area is 80.6 Å². The van der Waals surface area contributed by atoms with Gasteiger partial charge in [-0.3, -0.25) is 4.79 Å². The number of aliphatic hydroxyl groups excluding tert-OH is 2. The van der Waals surface area contributed by atoms with Gasteiger partial charge in [-0.25, -0.2) is 0 Å². The number of furan rings is 1. The Morgan fingerprint density at radius 3 is 2.71 bits per heavy atom. The molecular weight excluding hydrogens is 188 g/mol. The van der Waals surface area contributed by atoms with Crippen LogP contribution in [0.5, 0.6) is 0 Å². The van der Waals surface area contributed by atoms with Crippen molar-refractivity contribution in [2.24, 2.45) is 0 Å². The Hall–Kier alpha value is -1.33. The zero-order chi connectivity index (χ0) is 10.6. The summed E-state index contributed by atoms with van der Waals surface area (Å²) in [6.07, 6.45) is 0.460. The summed E-state index contributed by atoms with van der Waals surface area (Å²) in [6, 6.07) is 1.57. The summed E-state index contributed by atoms with van der Waals surface area (Å²) in [5.74, 6) is -1.09. The molecule has 0 aliphatic rings. The lowest BCUT2D eigenvalue weighted by Gasteiger charge is -2.12. The Morgan fingerprint density at radius 1 is 1.50 bits per heavy atom. The lowest BCUT2D eigenvalue weighted by molar-refractivity contribution is -0.139. The van der Waals surface area contributed by atoms with Gasteiger partial charge in [0.05, 0.1) is 31.2 Å². The average molecular weight is 200 g/mol. The van der Waals surface area contributed by atoms with Crippen LogP contribution in [0.3, 0.4) is 0 Å². The van der Waals surface area contributed by atoms with Gasteiger partial charge in [0.2, 0.25) is 0 Å². The Bertz CT molecular complexity index is 279. The minimum atomic E-state index is -1.09. The Kier molecular flexibility index (Phi) is 3.67. The molecule has 0 unspecified atom stereocenters. The molecule has 0 saturated carbocycles. The monoisotopic (exact) mass is 200 g/mol. The molecule has 1 aromatic rings. The van der Waals surface area contributed by atoms with E-state index in [-0.39, 0.29) is 12.8 Å². The third kappa shape index (κ3) is 3.20. The molecule has 0 bridgehead atoms. The highest BCUT2D eigenvalue weighted by atomic mass is 16.4. The lowest BCUT2D eigenvalue weighted by atomic mass is 10.0. The van der Waals surface area contributed by atoms with E-state index in [1.165, 1.54) is 12.5 Å². The highest BCUT2D eigenvalue weighted by molar-refractivity contribution is 5.67. The van der Waals surface area contributed by atoms with Gasteiger partial charge in [-0.2, -0.15) is 0 Å². The van der Waals surface area contributed by atoms with E-state index >= 15 is 0 Å². The molecule has 5 heteroatoms. The van der Waals surface area contributed by atoms with Crippen LogP contribution in [0.1, 0.15) is 24.5 Å². The van der Waals surface area contributed by atoms with Crippen LogP contribution in [-0.2, 0) is 4.79 Å². The van der Waals surface area contributed by atoms with Gasteiger partial charge in [-0.05, 0) is 6.07 Å². The summed E-state index contributed by atoms with van der Waals surface area (Å²) in [5, 5.41) is 27.1. The number of aliphatic carboxylic acids is 1. The van der Waals surface area contributed by atoms with E-state index in [1.54, 1.807) is 6.07 Å². The second kappa shape index (κ2) is 4.78. The van der Waals surface area contributed by atoms with Crippen molar-refractivity contribution in [3.05, 3.63) is 24.2 Å². The molecule has 0 radical (unpaired) electrons. The van der Waals surface area contributed by atoms with Gasteiger partial charge in [0.25, 0.3) is 0 Å². The number of carboxylic acid groups (broad SMARTS) is 1. The molecule has 0 fully saturated rings. The van der Waals surface area contributed by atoms with Gasteiger partial charge in [0, 0.05) is 12.0 Å². The number of rotatable bonds is 5. The van der Waals surface area contributed by atoms with Crippen molar-refractivity contribution >= 4 is 5.97 Å². The second-order valence-electron chi connectivity index (χ2n) is 3.06. The maximum Gasteiger partial charge on any atom is 0.305 e. The lowest BCUT2D eigenvalue weighted by Crippen LogP contribution is -2.16. The van der Waals surface area contributed by atoms with Crippen LogP contribution in [0, 0.1) is 0 Å². The van der Waals surface area contributed by atoms with Crippen LogP contribution < -0.4 is 0 Å². The summed E-state index contributed by atoms with van der Waals surface area (Å²) in [7, 11) is 0. The smallest absolute Gasteiger partial charge is 0.305 e. The number of carbonyl (C=O) groups is 1. The van der Waals surface area contributed by atoms with Crippen molar-refractivity contribution in [2.45, 2.75) is 25.0 Å². The topological polar surface area (TPSA) is 90.9 Å². The third-order valence-corrected chi connectivity index (χ3v) is 1.83. The molecule has 5 nitrogen and oxygen atoms in total. The molecule has 14 heavy (non-hydrogen) atoms. The normalized spacial score (nSPS) is 15.0. The molecule has 0 spiro atoms. The van der Waals surface area contributed by atoms with Crippen molar-refractivity contribution < 1.29 is 24.5 Å². The zero-order valence-electron chi connectivity index (χ0n) is 7.46. The first-order chi connectivity index (χ1) is 6.59. The summed E-state index contributed by atoms with van der Waals surface area (Å²) < 4.78 is 4.74. The molecule has 2 atom stereocenters. The summed E-state index contributed by atoms with van der Waals surface area (Å²) in [6.45, 7) is 0. The van der Waals surface area contributed by atoms with Gasteiger partial charge in [0.15, 0.2) is 0 Å². The minimum Gasteiger partial charge on any atom is -0.481 e. The molecule has 0 amide bonds. The van der Waals surface area contributed by atoms with Crippen LogP contribution in [0.2, 0.25) is 0 Å². The van der Waals surface area contributed by atoms with Gasteiger partial charge in [0.1, 0.15) is 0 Å². The number of aliphatic hydroxyl groups is 2. The van der Waals surface area contributed by atoms with E-state index in [9.17, 15) is 15.0 Å². The predicted octanol–water partition coefficient (Wildman–Crippen LogP) is 0.539. The molecule has 0 saturated heterocycles. The van der Waals surface area contributed by atoms with Crippen molar-refractivity contribution in [1.29, 1.82) is 0 Å². The fourth-order valence-corrected chi connectivity index (χ4v) is 1.14. The SMILES string of the molecule is O=C(O)C[C@@H](O)C[C@@H](O)c1ccoc1. The highest BCUT2D eigenvalue weighted by Crippen LogP contribution is 2.19. The van der Waals surface area contributed by atoms with Crippen molar-refractivity contribution in [1.82, 2.24) is 0 Å². The first kappa shape index (κ1) is 10.7. The number of carboxylic acids is 1. The van der Waals surface area contributed by atoms with Crippen LogP contribution in [0.15, 0.2) is 23.0 Å². The van der Waals surface area contributed by atoms with E-state index in [0.29, 0.717) is 5.56 Å². The maximum atomic E-state index is 10.2. The van der Waals surface area contributed by atoms with Gasteiger partial charge < -0.3 is 19.7 Å². The minimum absolute atomic E-state index is 0.00810. The third-order valence-electron chi connectivity index (χ3n) is 1.83. The molecule has 78 valence electrons. The first-order valence-electron chi connectivity index (χ1n) is 4.19. The van der Waals surface area contributed by atoms with Crippen LogP contribution >= 0.6 is 0 Å². The van der Waals surface area contributed by atoms with E-state index in [4.69, 9.17) is 9.52 Å². The van der Waals surface area contributed by atoms with Crippen molar-refractivity contribution in [3.8, 4) is 0 Å². The van der Waals surface area contributed by atoms with Crippen LogP contribution in [-0.4, -0.2) is 27.4 Å². The van der Waals surface area contributed by atoms with Gasteiger partial charge in [-0.15, -0.1) is 0 Å². The number of hydrogen-bond donors (Lipinski definition) is 3. The molecule has 1 heterocycles. The fraction of sp³-hybridized carbons (Fsp3) is 0.444. The predicted molar refractivity (Wildman–Crippen MR) is 46.5 cm³/mol. The van der Waals surface area contributed by atoms with Crippen molar-refractivity contribution in [2.75, 3.05) is 0 Å². The van der Waals surface area contributed by atoms with E-state index in [0.717, 1.165) is 0 Å². The van der Waals surface area contributed by atoms with Gasteiger partial charge >= 0.3 is 5.97 Å². The summed E-state index contributed by atoms with van der Waals surface area (Å²) in [5.41, 5.74) is 0.537. The maximum absolute atomic E-state index is 10.2.